The Bertz CT molecular complexity index is 354. The van der Waals surface area contributed by atoms with Gasteiger partial charge in [-0.05, 0) is 6.08 Å². The summed E-state index contributed by atoms with van der Waals surface area (Å²) in [5, 5.41) is 0. The van der Waals surface area contributed by atoms with Crippen LogP contribution >= 0.6 is 12.2 Å². The van der Waals surface area contributed by atoms with Crippen molar-refractivity contribution in [2.24, 2.45) is 5.73 Å². The lowest BCUT2D eigenvalue weighted by Crippen LogP contribution is -2.26. The molecule has 2 N–H and O–H groups in total. The first kappa shape index (κ1) is 10.9. The average Bonchev–Trinajstić information content (AvgIpc) is 2.01. The van der Waals surface area contributed by atoms with Crippen molar-refractivity contribution in [2.45, 2.75) is 12.6 Å². The molecule has 0 aromatic rings. The molecule has 1 rings (SSSR count). The fourth-order valence-electron chi connectivity index (χ4n) is 1.08. The maximum atomic E-state index is 12.3. The van der Waals surface area contributed by atoms with E-state index in [0.717, 1.165) is 12.2 Å². The third kappa shape index (κ3) is 2.20. The summed E-state index contributed by atoms with van der Waals surface area (Å²) in [5.74, 6) is -1.09. The van der Waals surface area contributed by atoms with Crippen LogP contribution < -0.4 is 5.73 Å². The van der Waals surface area contributed by atoms with Gasteiger partial charge in [0, 0.05) is 16.9 Å². The van der Waals surface area contributed by atoms with E-state index >= 15 is 0 Å². The Morgan fingerprint density at radius 1 is 1.50 bits per heavy atom. The number of thiocarbonyl (C=S) groups is 1. The Morgan fingerprint density at radius 3 is 2.50 bits per heavy atom. The maximum Gasteiger partial charge on any atom is 0.417 e. The number of carbonyl (C=O) groups excluding carboxylic acids is 1. The van der Waals surface area contributed by atoms with Gasteiger partial charge in [-0.15, -0.1) is 0 Å². The minimum atomic E-state index is -4.59. The molecule has 1 amide bonds. The first-order chi connectivity index (χ1) is 6.32. The summed E-state index contributed by atoms with van der Waals surface area (Å²) < 4.78 is 37.0. The minimum Gasteiger partial charge on any atom is -0.366 e. The molecule has 1 aliphatic carbocycles. The molecule has 0 heterocycles. The third-order valence-electron chi connectivity index (χ3n) is 1.67. The van der Waals surface area contributed by atoms with Crippen LogP contribution in [0, 0.1) is 0 Å². The number of nitrogens with two attached hydrogens (primary N) is 1. The van der Waals surface area contributed by atoms with E-state index in [0.29, 0.717) is 0 Å². The summed E-state index contributed by atoms with van der Waals surface area (Å²) in [5.41, 5.74) is 3.25. The van der Waals surface area contributed by atoms with Crippen LogP contribution in [0.25, 0.3) is 0 Å². The molecule has 0 spiro atoms. The summed E-state index contributed by atoms with van der Waals surface area (Å²) in [4.78, 5) is 10.8. The smallest absolute Gasteiger partial charge is 0.366 e. The summed E-state index contributed by atoms with van der Waals surface area (Å²) >= 11 is 4.62. The summed E-state index contributed by atoms with van der Waals surface area (Å²) in [7, 11) is 0. The molecular formula is C8H6F3NOS. The van der Waals surface area contributed by atoms with Gasteiger partial charge in [0.05, 0.1) is 5.57 Å². The molecule has 0 aromatic heterocycles. The van der Waals surface area contributed by atoms with Crippen molar-refractivity contribution < 1.29 is 18.0 Å². The lowest BCUT2D eigenvalue weighted by molar-refractivity contribution is -0.117. The molecule has 0 fully saturated rings. The summed E-state index contributed by atoms with van der Waals surface area (Å²) in [6, 6.07) is 0. The van der Waals surface area contributed by atoms with Crippen LogP contribution in [0.5, 0.6) is 0 Å². The Labute approximate surface area is 83.3 Å². The van der Waals surface area contributed by atoms with Crippen molar-refractivity contribution in [1.82, 2.24) is 0 Å². The highest BCUT2D eigenvalue weighted by atomic mass is 32.1. The number of amides is 1. The van der Waals surface area contributed by atoms with Gasteiger partial charge in [-0.2, -0.15) is 13.2 Å². The number of rotatable bonds is 1. The quantitative estimate of drug-likeness (QED) is 0.684. The zero-order valence-corrected chi connectivity index (χ0v) is 7.71. The van der Waals surface area contributed by atoms with Crippen LogP contribution in [0.4, 0.5) is 13.2 Å². The monoisotopic (exact) mass is 221 g/mol. The molecule has 14 heavy (non-hydrogen) atoms. The summed E-state index contributed by atoms with van der Waals surface area (Å²) in [6.07, 6.45) is -2.57. The van der Waals surface area contributed by atoms with Crippen LogP contribution in [0.2, 0.25) is 0 Å². The molecule has 0 aromatic carbocycles. The van der Waals surface area contributed by atoms with E-state index in [9.17, 15) is 18.0 Å². The number of halogens is 3. The topological polar surface area (TPSA) is 43.1 Å². The van der Waals surface area contributed by atoms with E-state index in [2.05, 4.69) is 12.2 Å². The second-order valence-electron chi connectivity index (χ2n) is 2.71. The first-order valence-electron chi connectivity index (χ1n) is 3.64. The van der Waals surface area contributed by atoms with Gasteiger partial charge in [0.1, 0.15) is 0 Å². The van der Waals surface area contributed by atoms with Crippen molar-refractivity contribution in [2.75, 3.05) is 0 Å². The Kier molecular flexibility index (Phi) is 2.75. The predicted molar refractivity (Wildman–Crippen MR) is 48.6 cm³/mol. The van der Waals surface area contributed by atoms with Crippen LogP contribution in [0.3, 0.4) is 0 Å². The number of hydrogen-bond donors (Lipinski definition) is 1. The van der Waals surface area contributed by atoms with Crippen molar-refractivity contribution in [3.8, 4) is 0 Å². The number of hydrogen-bond acceptors (Lipinski definition) is 2. The largest absolute Gasteiger partial charge is 0.417 e. The molecule has 0 saturated carbocycles. The van der Waals surface area contributed by atoms with E-state index < -0.39 is 23.2 Å². The third-order valence-corrected chi connectivity index (χ3v) is 1.96. The van der Waals surface area contributed by atoms with Crippen molar-refractivity contribution in [1.29, 1.82) is 0 Å². The maximum absolute atomic E-state index is 12.3. The average molecular weight is 221 g/mol. The van der Waals surface area contributed by atoms with Crippen molar-refractivity contribution in [3.63, 3.8) is 0 Å². The fourth-order valence-corrected chi connectivity index (χ4v) is 1.28. The fraction of sp³-hybridized carbons (Fsp3) is 0.250. The van der Waals surface area contributed by atoms with Crippen LogP contribution in [0.15, 0.2) is 23.3 Å². The highest BCUT2D eigenvalue weighted by molar-refractivity contribution is 7.80. The minimum absolute atomic E-state index is 0.141. The second kappa shape index (κ2) is 3.53. The Hall–Kier alpha value is -1.17. The molecular weight excluding hydrogens is 215 g/mol. The molecule has 0 radical (unpaired) electrons. The number of allylic oxidation sites excluding steroid dienone is 2. The molecule has 0 unspecified atom stereocenters. The lowest BCUT2D eigenvalue weighted by Gasteiger charge is -2.16. The van der Waals surface area contributed by atoms with Crippen molar-refractivity contribution in [3.05, 3.63) is 23.3 Å². The summed E-state index contributed by atoms with van der Waals surface area (Å²) in [6.45, 7) is 0. The van der Waals surface area contributed by atoms with Crippen LogP contribution in [0.1, 0.15) is 6.42 Å². The highest BCUT2D eigenvalue weighted by Gasteiger charge is 2.38. The molecule has 0 bridgehead atoms. The van der Waals surface area contributed by atoms with E-state index in [4.69, 9.17) is 5.73 Å². The molecule has 0 aliphatic heterocycles. The molecule has 2 nitrogen and oxygen atoms in total. The molecule has 1 aliphatic rings. The van der Waals surface area contributed by atoms with Gasteiger partial charge in [-0.3, -0.25) is 4.79 Å². The standard InChI is InChI=1S/C8H6F3NOS/c9-8(10,11)6-3-4(14)1-2-5(6)7(12)13/h2-3H,1H2,(H2,12,13). The Balaban J connectivity index is 3.15. The van der Waals surface area contributed by atoms with E-state index in [1.807, 2.05) is 0 Å². The van der Waals surface area contributed by atoms with E-state index in [1.54, 1.807) is 0 Å². The molecule has 6 heteroatoms. The van der Waals surface area contributed by atoms with E-state index in [-0.39, 0.29) is 11.3 Å². The van der Waals surface area contributed by atoms with Gasteiger partial charge >= 0.3 is 6.18 Å². The van der Waals surface area contributed by atoms with Gasteiger partial charge < -0.3 is 5.73 Å². The molecule has 0 atom stereocenters. The normalized spacial score (nSPS) is 17.5. The van der Waals surface area contributed by atoms with Crippen LogP contribution in [-0.2, 0) is 4.79 Å². The van der Waals surface area contributed by atoms with Gasteiger partial charge in [0.25, 0.3) is 0 Å². The molecule has 76 valence electrons. The van der Waals surface area contributed by atoms with Crippen molar-refractivity contribution >= 4 is 23.0 Å². The lowest BCUT2D eigenvalue weighted by atomic mass is 9.97. The SMILES string of the molecule is NC(=O)C1=CCC(=S)C=C1C(F)(F)F. The first-order valence-corrected chi connectivity index (χ1v) is 4.05. The van der Waals surface area contributed by atoms with Crippen LogP contribution in [-0.4, -0.2) is 16.9 Å². The number of primary amides is 1. The second-order valence-corrected chi connectivity index (χ2v) is 3.23. The zero-order valence-electron chi connectivity index (χ0n) is 6.89. The number of alkyl halides is 3. The Morgan fingerprint density at radius 2 is 2.07 bits per heavy atom. The van der Waals surface area contributed by atoms with E-state index in [1.165, 1.54) is 0 Å². The molecule has 0 saturated heterocycles. The van der Waals surface area contributed by atoms with Gasteiger partial charge in [0.2, 0.25) is 5.91 Å². The zero-order chi connectivity index (χ0) is 10.9. The number of carbonyl (C=O) groups is 1. The highest BCUT2D eigenvalue weighted by Crippen LogP contribution is 2.33. The van der Waals surface area contributed by atoms with Gasteiger partial charge in [-0.1, -0.05) is 18.3 Å². The van der Waals surface area contributed by atoms with Gasteiger partial charge in [-0.25, -0.2) is 0 Å². The van der Waals surface area contributed by atoms with Gasteiger partial charge in [0.15, 0.2) is 0 Å². The predicted octanol–water partition coefficient (Wildman–Crippen LogP) is 1.66.